The van der Waals surface area contributed by atoms with Gasteiger partial charge in [-0.05, 0) is 60.5 Å². The van der Waals surface area contributed by atoms with E-state index in [0.29, 0.717) is 11.8 Å². The molecule has 0 saturated carbocycles. The van der Waals surface area contributed by atoms with Crippen molar-refractivity contribution in [3.05, 3.63) is 72.7 Å². The van der Waals surface area contributed by atoms with Gasteiger partial charge in [0.1, 0.15) is 12.1 Å². The summed E-state index contributed by atoms with van der Waals surface area (Å²) in [5, 5.41) is 8.05. The number of nitrogens with one attached hydrogen (secondary N) is 2. The van der Waals surface area contributed by atoms with Crippen LogP contribution in [0.4, 0.5) is 17.5 Å². The Morgan fingerprint density at radius 2 is 1.71 bits per heavy atom. The molecule has 34 heavy (non-hydrogen) atoms. The standard InChI is InChI=1S/C25H22N6O2S/c1-15-4-10-20-23(22(15)16-5-11-21-17(12-16)13-27-25(26-2)31-21)28-14-29-24(20)30-18-6-8-19(9-7-18)34(3,32)33/h4-14H,1-3H3,(H,26,27,31)(H,28,29,30). The molecule has 2 heterocycles. The maximum atomic E-state index is 11.7. The van der Waals surface area contributed by atoms with Crippen molar-refractivity contribution in [1.82, 2.24) is 19.9 Å². The van der Waals surface area contributed by atoms with Gasteiger partial charge in [-0.1, -0.05) is 12.1 Å². The van der Waals surface area contributed by atoms with Crippen LogP contribution in [-0.2, 0) is 9.84 Å². The van der Waals surface area contributed by atoms with Gasteiger partial charge >= 0.3 is 0 Å². The van der Waals surface area contributed by atoms with Crippen LogP contribution in [-0.4, -0.2) is 41.7 Å². The first-order chi connectivity index (χ1) is 16.3. The second kappa shape index (κ2) is 8.35. The molecular formula is C25H22N6O2S. The zero-order valence-electron chi connectivity index (χ0n) is 18.9. The molecule has 0 spiro atoms. The maximum absolute atomic E-state index is 11.7. The van der Waals surface area contributed by atoms with Crippen LogP contribution in [0, 0.1) is 6.92 Å². The predicted octanol–water partition coefficient (Wildman–Crippen LogP) is 4.74. The number of rotatable bonds is 5. The summed E-state index contributed by atoms with van der Waals surface area (Å²) in [5.74, 6) is 1.22. The van der Waals surface area contributed by atoms with Crippen LogP contribution in [0.15, 0.2) is 72.0 Å². The number of sulfone groups is 1. The van der Waals surface area contributed by atoms with Gasteiger partial charge in [0.05, 0.1) is 15.9 Å². The normalized spacial score (nSPS) is 11.6. The number of anilines is 3. The molecular weight excluding hydrogens is 448 g/mol. The van der Waals surface area contributed by atoms with Gasteiger partial charge in [-0.25, -0.2) is 28.4 Å². The van der Waals surface area contributed by atoms with Crippen molar-refractivity contribution in [1.29, 1.82) is 0 Å². The van der Waals surface area contributed by atoms with Crippen LogP contribution in [0.25, 0.3) is 32.9 Å². The largest absolute Gasteiger partial charge is 0.357 e. The third-order valence-corrected chi connectivity index (χ3v) is 6.78. The smallest absolute Gasteiger partial charge is 0.222 e. The van der Waals surface area contributed by atoms with Gasteiger partial charge < -0.3 is 10.6 Å². The summed E-state index contributed by atoms with van der Waals surface area (Å²) in [6, 6.07) is 16.7. The summed E-state index contributed by atoms with van der Waals surface area (Å²) in [6.07, 6.45) is 4.53. The van der Waals surface area contributed by atoms with Gasteiger partial charge in [-0.15, -0.1) is 0 Å². The Hall–Kier alpha value is -4.11. The number of aryl methyl sites for hydroxylation is 1. The lowest BCUT2D eigenvalue weighted by molar-refractivity contribution is 0.602. The Bertz CT molecular complexity index is 1650. The SMILES string of the molecule is CNc1ncc2cc(-c3c(C)ccc4c(Nc5ccc(S(C)(=O)=O)cc5)ncnc34)ccc2n1. The molecule has 0 bridgehead atoms. The number of hydrogen-bond donors (Lipinski definition) is 2. The highest BCUT2D eigenvalue weighted by Gasteiger charge is 2.14. The molecule has 170 valence electrons. The Kier molecular flexibility index (Phi) is 5.33. The quantitative estimate of drug-likeness (QED) is 0.379. The molecule has 2 N–H and O–H groups in total. The van der Waals surface area contributed by atoms with E-state index < -0.39 is 9.84 Å². The van der Waals surface area contributed by atoms with Crippen molar-refractivity contribution in [2.45, 2.75) is 11.8 Å². The monoisotopic (exact) mass is 470 g/mol. The molecule has 0 fully saturated rings. The third kappa shape index (κ3) is 4.01. The van der Waals surface area contributed by atoms with E-state index in [-0.39, 0.29) is 4.90 Å². The maximum Gasteiger partial charge on any atom is 0.222 e. The highest BCUT2D eigenvalue weighted by atomic mass is 32.2. The van der Waals surface area contributed by atoms with E-state index in [4.69, 9.17) is 0 Å². The molecule has 0 atom stereocenters. The van der Waals surface area contributed by atoms with Crippen molar-refractivity contribution in [2.75, 3.05) is 23.9 Å². The van der Waals surface area contributed by atoms with E-state index in [1.165, 1.54) is 12.6 Å². The van der Waals surface area contributed by atoms with Gasteiger partial charge in [0, 0.05) is 41.5 Å². The fourth-order valence-electron chi connectivity index (χ4n) is 3.93. The molecule has 8 nitrogen and oxygen atoms in total. The number of fused-ring (bicyclic) bond motifs is 2. The van der Waals surface area contributed by atoms with E-state index in [1.807, 2.05) is 24.3 Å². The first-order valence-corrected chi connectivity index (χ1v) is 12.5. The molecule has 0 amide bonds. The minimum absolute atomic E-state index is 0.269. The van der Waals surface area contributed by atoms with Gasteiger partial charge in [0.15, 0.2) is 9.84 Å². The number of nitrogens with zero attached hydrogens (tertiary/aromatic N) is 4. The number of hydrogen-bond acceptors (Lipinski definition) is 8. The van der Waals surface area contributed by atoms with E-state index >= 15 is 0 Å². The summed E-state index contributed by atoms with van der Waals surface area (Å²) in [4.78, 5) is 18.1. The van der Waals surface area contributed by atoms with E-state index in [9.17, 15) is 8.42 Å². The molecule has 9 heteroatoms. The highest BCUT2D eigenvalue weighted by molar-refractivity contribution is 7.90. The zero-order valence-corrected chi connectivity index (χ0v) is 19.7. The number of benzene rings is 3. The molecule has 0 saturated heterocycles. The average Bonchev–Trinajstić information content (AvgIpc) is 2.83. The second-order valence-corrected chi connectivity index (χ2v) is 10.0. The highest BCUT2D eigenvalue weighted by Crippen LogP contribution is 2.35. The first-order valence-electron chi connectivity index (χ1n) is 10.6. The molecule has 5 aromatic rings. The average molecular weight is 471 g/mol. The van der Waals surface area contributed by atoms with Crippen LogP contribution in [0.2, 0.25) is 0 Å². The Morgan fingerprint density at radius 3 is 2.44 bits per heavy atom. The molecule has 0 aliphatic rings. The van der Waals surface area contributed by atoms with Gasteiger partial charge in [-0.2, -0.15) is 0 Å². The number of aromatic nitrogens is 4. The summed E-state index contributed by atoms with van der Waals surface area (Å²) >= 11 is 0. The van der Waals surface area contributed by atoms with Crippen LogP contribution >= 0.6 is 0 Å². The molecule has 0 unspecified atom stereocenters. The Morgan fingerprint density at radius 1 is 0.912 bits per heavy atom. The first kappa shape index (κ1) is 21.7. The van der Waals surface area contributed by atoms with Crippen LogP contribution in [0.1, 0.15) is 5.56 Å². The van der Waals surface area contributed by atoms with Crippen molar-refractivity contribution < 1.29 is 8.42 Å². The van der Waals surface area contributed by atoms with Crippen molar-refractivity contribution in [3.63, 3.8) is 0 Å². The molecule has 3 aromatic carbocycles. The molecule has 0 aliphatic heterocycles. The van der Waals surface area contributed by atoms with Crippen LogP contribution in [0.3, 0.4) is 0 Å². The van der Waals surface area contributed by atoms with Crippen molar-refractivity contribution in [2.24, 2.45) is 0 Å². The summed E-state index contributed by atoms with van der Waals surface area (Å²) < 4.78 is 23.5. The van der Waals surface area contributed by atoms with Gasteiger partial charge in [-0.3, -0.25) is 0 Å². The molecule has 2 aromatic heterocycles. The lowest BCUT2D eigenvalue weighted by Crippen LogP contribution is -2.00. The lowest BCUT2D eigenvalue weighted by atomic mass is 9.96. The summed E-state index contributed by atoms with van der Waals surface area (Å²) in [6.45, 7) is 2.05. The van der Waals surface area contributed by atoms with Crippen molar-refractivity contribution in [3.8, 4) is 11.1 Å². The van der Waals surface area contributed by atoms with Crippen LogP contribution < -0.4 is 10.6 Å². The minimum Gasteiger partial charge on any atom is -0.357 e. The fourth-order valence-corrected chi connectivity index (χ4v) is 4.56. The van der Waals surface area contributed by atoms with Crippen LogP contribution in [0.5, 0.6) is 0 Å². The predicted molar refractivity (Wildman–Crippen MR) is 135 cm³/mol. The molecule has 0 radical (unpaired) electrons. The van der Waals surface area contributed by atoms with Crippen molar-refractivity contribution >= 4 is 49.1 Å². The third-order valence-electron chi connectivity index (χ3n) is 5.65. The van der Waals surface area contributed by atoms with E-state index in [2.05, 4.69) is 43.6 Å². The zero-order chi connectivity index (χ0) is 23.9. The topological polar surface area (TPSA) is 110 Å². The fraction of sp³-hybridized carbons (Fsp3) is 0.120. The van der Waals surface area contributed by atoms with Gasteiger partial charge in [0.25, 0.3) is 0 Å². The summed E-state index contributed by atoms with van der Waals surface area (Å²) in [7, 11) is -1.46. The van der Waals surface area contributed by atoms with E-state index in [0.717, 1.165) is 44.2 Å². The summed E-state index contributed by atoms with van der Waals surface area (Å²) in [5.41, 5.74) is 5.51. The Balaban J connectivity index is 1.59. The van der Waals surface area contributed by atoms with Gasteiger partial charge in [0.2, 0.25) is 5.95 Å². The van der Waals surface area contributed by atoms with E-state index in [1.54, 1.807) is 37.5 Å². The lowest BCUT2D eigenvalue weighted by Gasteiger charge is -2.14. The Labute approximate surface area is 197 Å². The molecule has 0 aliphatic carbocycles. The minimum atomic E-state index is -3.25. The second-order valence-electron chi connectivity index (χ2n) is 8.01. The molecule has 5 rings (SSSR count).